The molecule has 29 heavy (non-hydrogen) atoms. The summed E-state index contributed by atoms with van der Waals surface area (Å²) in [5.41, 5.74) is 13.2. The van der Waals surface area contributed by atoms with Crippen molar-refractivity contribution in [2.75, 3.05) is 0 Å². The van der Waals surface area contributed by atoms with Crippen LogP contribution in [0.4, 0.5) is 0 Å². The first-order valence-electron chi connectivity index (χ1n) is 9.68. The van der Waals surface area contributed by atoms with Crippen molar-refractivity contribution in [3.8, 4) is 0 Å². The fourth-order valence-corrected chi connectivity index (χ4v) is 4.35. The van der Waals surface area contributed by atoms with E-state index in [2.05, 4.69) is 26.7 Å². The number of hydrogen-bond donors (Lipinski definition) is 4. The zero-order chi connectivity index (χ0) is 20.1. The van der Waals surface area contributed by atoms with Crippen molar-refractivity contribution in [2.24, 2.45) is 0 Å². The molecule has 1 aromatic heterocycles. The Labute approximate surface area is 172 Å². The number of aryl methyl sites for hydroxylation is 1. The quantitative estimate of drug-likeness (QED) is 0.469. The second-order valence-electron chi connectivity index (χ2n) is 7.01. The second-order valence-corrected chi connectivity index (χ2v) is 8.12. The molecule has 1 fully saturated rings. The van der Waals surface area contributed by atoms with Crippen LogP contribution in [-0.4, -0.2) is 22.8 Å². The molecule has 4 N–H and O–H groups in total. The summed E-state index contributed by atoms with van der Waals surface area (Å²) in [4.78, 5) is 28.9. The van der Waals surface area contributed by atoms with E-state index in [1.54, 1.807) is 11.3 Å². The van der Waals surface area contributed by atoms with Gasteiger partial charge in [0.25, 0.3) is 5.91 Å². The van der Waals surface area contributed by atoms with Crippen molar-refractivity contribution < 1.29 is 9.59 Å². The Morgan fingerprint density at radius 1 is 1.03 bits per heavy atom. The van der Waals surface area contributed by atoms with Gasteiger partial charge in [0.2, 0.25) is 5.91 Å². The fraction of sp³-hybridized carbons (Fsp3) is 0.286. The average molecular weight is 410 g/mol. The van der Waals surface area contributed by atoms with Gasteiger partial charge in [-0.05, 0) is 37.0 Å². The predicted molar refractivity (Wildman–Crippen MR) is 113 cm³/mol. The van der Waals surface area contributed by atoms with Crippen LogP contribution in [0.2, 0.25) is 0 Å². The smallest absolute Gasteiger partial charge is 0.256 e. The van der Waals surface area contributed by atoms with Gasteiger partial charge in [0.05, 0.1) is 15.2 Å². The Kier molecular flexibility index (Phi) is 6.14. The highest BCUT2D eigenvalue weighted by Crippen LogP contribution is 2.23. The SMILES string of the molecule is O=C(CCCc1nc2ccccc2s1)NNC(=O)C1CC(c2ccccc2)NN1. The molecular weight excluding hydrogens is 386 g/mol. The minimum absolute atomic E-state index is 0.0662. The number of nitrogens with zero attached hydrogens (tertiary/aromatic N) is 1. The molecule has 0 bridgehead atoms. The van der Waals surface area contributed by atoms with Crippen molar-refractivity contribution in [1.29, 1.82) is 0 Å². The van der Waals surface area contributed by atoms with Gasteiger partial charge in [0, 0.05) is 12.5 Å². The minimum Gasteiger partial charge on any atom is -0.273 e. The van der Waals surface area contributed by atoms with Crippen LogP contribution >= 0.6 is 11.3 Å². The molecule has 2 aromatic carbocycles. The number of para-hydroxylation sites is 1. The molecule has 3 aromatic rings. The Hall–Kier alpha value is -2.81. The lowest BCUT2D eigenvalue weighted by Crippen LogP contribution is -2.50. The van der Waals surface area contributed by atoms with Crippen LogP contribution in [0.1, 0.15) is 35.9 Å². The van der Waals surface area contributed by atoms with E-state index >= 15 is 0 Å². The highest BCUT2D eigenvalue weighted by molar-refractivity contribution is 7.18. The maximum Gasteiger partial charge on any atom is 0.256 e. The van der Waals surface area contributed by atoms with Gasteiger partial charge < -0.3 is 0 Å². The summed E-state index contributed by atoms with van der Waals surface area (Å²) in [6.07, 6.45) is 2.37. The second kappa shape index (κ2) is 9.13. The molecule has 2 amide bonds. The Bertz CT molecular complexity index is 958. The molecule has 1 aliphatic rings. The number of nitrogens with one attached hydrogen (secondary N) is 4. The van der Waals surface area contributed by atoms with Gasteiger partial charge in [-0.2, -0.15) is 0 Å². The lowest BCUT2D eigenvalue weighted by Gasteiger charge is -2.11. The number of thiazole rings is 1. The Morgan fingerprint density at radius 3 is 2.66 bits per heavy atom. The number of hydrazine groups is 2. The normalized spacial score (nSPS) is 18.6. The molecule has 150 valence electrons. The van der Waals surface area contributed by atoms with Crippen LogP contribution in [-0.2, 0) is 16.0 Å². The number of hydrogen-bond acceptors (Lipinski definition) is 6. The van der Waals surface area contributed by atoms with Crippen LogP contribution in [0.3, 0.4) is 0 Å². The van der Waals surface area contributed by atoms with E-state index in [1.807, 2.05) is 54.6 Å². The Balaban J connectivity index is 1.17. The number of rotatable bonds is 6. The molecular formula is C21H23N5O2S. The highest BCUT2D eigenvalue weighted by atomic mass is 32.1. The van der Waals surface area contributed by atoms with E-state index in [9.17, 15) is 9.59 Å². The van der Waals surface area contributed by atoms with Crippen LogP contribution in [0.25, 0.3) is 10.2 Å². The van der Waals surface area contributed by atoms with Crippen molar-refractivity contribution in [3.63, 3.8) is 0 Å². The topological polar surface area (TPSA) is 95.2 Å². The zero-order valence-electron chi connectivity index (χ0n) is 15.9. The van der Waals surface area contributed by atoms with Crippen molar-refractivity contribution in [3.05, 3.63) is 65.2 Å². The van der Waals surface area contributed by atoms with E-state index in [0.717, 1.165) is 27.2 Å². The standard InChI is InChI=1S/C21H23N5O2S/c27-19(11-6-12-20-22-15-9-4-5-10-18(15)29-20)25-26-21(28)17-13-16(23-24-17)14-7-2-1-3-8-14/h1-5,7-10,16-17,23-24H,6,11-13H2,(H,25,27)(H,26,28). The van der Waals surface area contributed by atoms with Gasteiger partial charge in [0.15, 0.2) is 0 Å². The molecule has 2 atom stereocenters. The van der Waals surface area contributed by atoms with Crippen molar-refractivity contribution in [2.45, 2.75) is 37.8 Å². The number of amides is 2. The molecule has 7 nitrogen and oxygen atoms in total. The average Bonchev–Trinajstić information content (AvgIpc) is 3.40. The van der Waals surface area contributed by atoms with Crippen LogP contribution in [0.15, 0.2) is 54.6 Å². The van der Waals surface area contributed by atoms with E-state index < -0.39 is 6.04 Å². The van der Waals surface area contributed by atoms with Gasteiger partial charge in [0.1, 0.15) is 6.04 Å². The largest absolute Gasteiger partial charge is 0.273 e. The van der Waals surface area contributed by atoms with Gasteiger partial charge >= 0.3 is 0 Å². The number of carbonyl (C=O) groups is 2. The molecule has 1 saturated heterocycles. The van der Waals surface area contributed by atoms with Crippen molar-refractivity contribution in [1.82, 2.24) is 26.7 Å². The lowest BCUT2D eigenvalue weighted by molar-refractivity contribution is -0.130. The highest BCUT2D eigenvalue weighted by Gasteiger charge is 2.30. The van der Waals surface area contributed by atoms with Crippen LogP contribution in [0.5, 0.6) is 0 Å². The van der Waals surface area contributed by atoms with E-state index in [1.165, 1.54) is 0 Å². The van der Waals surface area contributed by atoms with Crippen LogP contribution in [0, 0.1) is 0 Å². The monoisotopic (exact) mass is 409 g/mol. The molecule has 4 rings (SSSR count). The summed E-state index contributed by atoms with van der Waals surface area (Å²) in [7, 11) is 0. The molecule has 0 saturated carbocycles. The lowest BCUT2D eigenvalue weighted by atomic mass is 10.0. The summed E-state index contributed by atoms with van der Waals surface area (Å²) in [6.45, 7) is 0. The van der Waals surface area contributed by atoms with Crippen molar-refractivity contribution >= 4 is 33.4 Å². The predicted octanol–water partition coefficient (Wildman–Crippen LogP) is 2.37. The Morgan fingerprint density at radius 2 is 1.83 bits per heavy atom. The summed E-state index contributed by atoms with van der Waals surface area (Å²) >= 11 is 1.65. The summed E-state index contributed by atoms with van der Waals surface area (Å²) in [6, 6.07) is 17.6. The first kappa shape index (κ1) is 19.5. The molecule has 2 heterocycles. The molecule has 0 radical (unpaired) electrons. The molecule has 2 unspecified atom stereocenters. The third kappa shape index (κ3) is 4.97. The maximum atomic E-state index is 12.3. The van der Waals surface area contributed by atoms with Gasteiger partial charge in [-0.25, -0.2) is 15.8 Å². The number of carbonyl (C=O) groups excluding carboxylic acids is 2. The number of benzene rings is 2. The summed E-state index contributed by atoms with van der Waals surface area (Å²) in [5.74, 6) is -0.458. The molecule has 8 heteroatoms. The summed E-state index contributed by atoms with van der Waals surface area (Å²) < 4.78 is 1.16. The fourth-order valence-electron chi connectivity index (χ4n) is 3.34. The zero-order valence-corrected chi connectivity index (χ0v) is 16.7. The molecule has 0 spiro atoms. The van der Waals surface area contributed by atoms with Gasteiger partial charge in [-0.15, -0.1) is 11.3 Å². The number of fused-ring (bicyclic) bond motifs is 1. The first-order valence-corrected chi connectivity index (χ1v) is 10.5. The maximum absolute atomic E-state index is 12.3. The van der Waals surface area contributed by atoms with Gasteiger partial charge in [-0.1, -0.05) is 42.5 Å². The first-order chi connectivity index (χ1) is 14.2. The molecule has 0 aliphatic carbocycles. The van der Waals surface area contributed by atoms with E-state index in [4.69, 9.17) is 0 Å². The van der Waals surface area contributed by atoms with E-state index in [-0.39, 0.29) is 17.9 Å². The minimum atomic E-state index is -0.400. The van der Waals surface area contributed by atoms with E-state index in [0.29, 0.717) is 19.3 Å². The molecule has 1 aliphatic heterocycles. The third-order valence-electron chi connectivity index (χ3n) is 4.88. The number of aromatic nitrogens is 1. The third-order valence-corrected chi connectivity index (χ3v) is 5.98. The summed E-state index contributed by atoms with van der Waals surface area (Å²) in [5, 5.41) is 1.02. The van der Waals surface area contributed by atoms with Gasteiger partial charge in [-0.3, -0.25) is 20.4 Å². The van der Waals surface area contributed by atoms with Crippen LogP contribution < -0.4 is 21.7 Å².